The van der Waals surface area contributed by atoms with E-state index in [1.807, 2.05) is 6.92 Å². The van der Waals surface area contributed by atoms with E-state index in [0.29, 0.717) is 5.92 Å². The van der Waals surface area contributed by atoms with Crippen molar-refractivity contribution in [3.05, 3.63) is 11.1 Å². The summed E-state index contributed by atoms with van der Waals surface area (Å²) in [5.41, 5.74) is 2.24. The molecule has 0 amide bonds. The highest BCUT2D eigenvalue weighted by atomic mass is 16.4. The number of hydrogen-bond donors (Lipinski definition) is 2. The maximum atomic E-state index is 9.01. The van der Waals surface area contributed by atoms with Gasteiger partial charge >= 0.3 is 0 Å². The monoisotopic (exact) mass is 169 g/mol. The molecule has 1 saturated carbocycles. The first-order valence-electron chi connectivity index (χ1n) is 4.27. The summed E-state index contributed by atoms with van der Waals surface area (Å²) in [5.74, 6) is 0.294. The lowest BCUT2D eigenvalue weighted by molar-refractivity contribution is 0.249. The summed E-state index contributed by atoms with van der Waals surface area (Å²) in [5, 5.41) is 20.3. The van der Waals surface area contributed by atoms with Crippen molar-refractivity contribution in [1.29, 1.82) is 0 Å². The molecule has 1 aliphatic carbocycles. The molecule has 0 aromatic heterocycles. The second kappa shape index (κ2) is 4.26. The van der Waals surface area contributed by atoms with Crippen molar-refractivity contribution in [2.45, 2.75) is 26.2 Å². The number of nitrogens with zero attached hydrogens (tertiary/aromatic N) is 1. The minimum absolute atomic E-state index is 0.214. The standard InChI is InChI=1S/C9H15NO2/c1-7(5-10-12)9-4-2-3-8(9)6-11/h5,8,11-12H,2-4,6H2,1H3/b9-7-,10-5+. The van der Waals surface area contributed by atoms with Crippen molar-refractivity contribution in [2.75, 3.05) is 6.61 Å². The van der Waals surface area contributed by atoms with Crippen LogP contribution in [0, 0.1) is 5.92 Å². The van der Waals surface area contributed by atoms with Crippen LogP contribution in [0.15, 0.2) is 16.3 Å². The van der Waals surface area contributed by atoms with E-state index < -0.39 is 0 Å². The summed E-state index contributed by atoms with van der Waals surface area (Å²) in [4.78, 5) is 0. The van der Waals surface area contributed by atoms with Gasteiger partial charge in [-0.3, -0.25) is 0 Å². The Balaban J connectivity index is 2.77. The molecule has 0 radical (unpaired) electrons. The highest BCUT2D eigenvalue weighted by Gasteiger charge is 2.21. The van der Waals surface area contributed by atoms with Gasteiger partial charge in [-0.1, -0.05) is 10.7 Å². The molecule has 68 valence electrons. The number of rotatable bonds is 2. The Morgan fingerprint density at radius 2 is 2.50 bits per heavy atom. The van der Waals surface area contributed by atoms with Crippen molar-refractivity contribution >= 4 is 6.21 Å². The Bertz CT molecular complexity index is 209. The third kappa shape index (κ3) is 1.85. The first-order valence-corrected chi connectivity index (χ1v) is 4.27. The van der Waals surface area contributed by atoms with Crippen molar-refractivity contribution in [1.82, 2.24) is 0 Å². The molecule has 0 saturated heterocycles. The van der Waals surface area contributed by atoms with Crippen LogP contribution < -0.4 is 0 Å². The fraction of sp³-hybridized carbons (Fsp3) is 0.667. The Morgan fingerprint density at radius 3 is 3.08 bits per heavy atom. The van der Waals surface area contributed by atoms with Gasteiger partial charge in [0.15, 0.2) is 0 Å². The highest BCUT2D eigenvalue weighted by molar-refractivity contribution is 5.78. The SMILES string of the molecule is CC(/C=N/O)=C1\CCCC1CO. The molecule has 1 atom stereocenters. The third-order valence-corrected chi connectivity index (χ3v) is 2.47. The van der Waals surface area contributed by atoms with Crippen LogP contribution in [0.4, 0.5) is 0 Å². The molecule has 1 rings (SSSR count). The van der Waals surface area contributed by atoms with E-state index in [1.54, 1.807) is 0 Å². The topological polar surface area (TPSA) is 52.8 Å². The average Bonchev–Trinajstić information content (AvgIpc) is 2.51. The number of aliphatic hydroxyl groups is 1. The molecule has 3 nitrogen and oxygen atoms in total. The molecule has 0 aromatic carbocycles. The average molecular weight is 169 g/mol. The zero-order valence-electron chi connectivity index (χ0n) is 7.32. The fourth-order valence-corrected chi connectivity index (χ4v) is 1.81. The number of hydrogen-bond acceptors (Lipinski definition) is 3. The van der Waals surface area contributed by atoms with Crippen LogP contribution in [0.5, 0.6) is 0 Å². The molecule has 0 aliphatic heterocycles. The van der Waals surface area contributed by atoms with Gasteiger partial charge in [-0.05, 0) is 31.8 Å². The molecule has 1 aliphatic rings. The number of aliphatic hydroxyl groups excluding tert-OH is 1. The van der Waals surface area contributed by atoms with Gasteiger partial charge in [0, 0.05) is 12.5 Å². The quantitative estimate of drug-likeness (QED) is 0.374. The van der Waals surface area contributed by atoms with E-state index >= 15 is 0 Å². The second-order valence-corrected chi connectivity index (χ2v) is 3.22. The van der Waals surface area contributed by atoms with Crippen LogP contribution in [0.2, 0.25) is 0 Å². The Labute approximate surface area is 72.4 Å². The summed E-state index contributed by atoms with van der Waals surface area (Å²) in [6.45, 7) is 2.13. The first kappa shape index (κ1) is 9.26. The summed E-state index contributed by atoms with van der Waals surface area (Å²) in [6.07, 6.45) is 4.67. The maximum Gasteiger partial charge on any atom is 0.0690 e. The Hall–Kier alpha value is -0.830. The molecular weight excluding hydrogens is 154 g/mol. The fourth-order valence-electron chi connectivity index (χ4n) is 1.81. The largest absolute Gasteiger partial charge is 0.411 e. The minimum Gasteiger partial charge on any atom is -0.411 e. The lowest BCUT2D eigenvalue weighted by Gasteiger charge is -2.09. The van der Waals surface area contributed by atoms with Gasteiger partial charge in [-0.15, -0.1) is 0 Å². The predicted octanol–water partition coefficient (Wildman–Crippen LogP) is 1.56. The van der Waals surface area contributed by atoms with Crippen molar-refractivity contribution in [3.8, 4) is 0 Å². The second-order valence-electron chi connectivity index (χ2n) is 3.22. The van der Waals surface area contributed by atoms with E-state index in [1.165, 1.54) is 11.8 Å². The van der Waals surface area contributed by atoms with Gasteiger partial charge in [0.1, 0.15) is 0 Å². The minimum atomic E-state index is 0.214. The van der Waals surface area contributed by atoms with Gasteiger partial charge in [0.2, 0.25) is 0 Å². The number of allylic oxidation sites excluding steroid dienone is 1. The normalized spacial score (nSPS) is 28.3. The van der Waals surface area contributed by atoms with Crippen LogP contribution in [0.3, 0.4) is 0 Å². The van der Waals surface area contributed by atoms with Crippen LogP contribution in [0.25, 0.3) is 0 Å². The van der Waals surface area contributed by atoms with Gasteiger partial charge in [0.05, 0.1) is 6.21 Å². The summed E-state index contributed by atoms with van der Waals surface area (Å²) < 4.78 is 0. The lowest BCUT2D eigenvalue weighted by Crippen LogP contribution is -2.04. The van der Waals surface area contributed by atoms with E-state index in [4.69, 9.17) is 10.3 Å². The van der Waals surface area contributed by atoms with Crippen molar-refractivity contribution < 1.29 is 10.3 Å². The molecule has 3 heteroatoms. The molecule has 12 heavy (non-hydrogen) atoms. The molecule has 0 bridgehead atoms. The summed E-state index contributed by atoms with van der Waals surface area (Å²) >= 11 is 0. The zero-order valence-corrected chi connectivity index (χ0v) is 7.32. The smallest absolute Gasteiger partial charge is 0.0690 e. The maximum absolute atomic E-state index is 9.01. The van der Waals surface area contributed by atoms with Gasteiger partial charge < -0.3 is 10.3 Å². The van der Waals surface area contributed by atoms with Gasteiger partial charge in [0.25, 0.3) is 0 Å². The van der Waals surface area contributed by atoms with Crippen LogP contribution in [-0.4, -0.2) is 23.1 Å². The molecule has 0 aromatic rings. The molecule has 2 N–H and O–H groups in total. The van der Waals surface area contributed by atoms with E-state index in [2.05, 4.69) is 5.16 Å². The number of oxime groups is 1. The van der Waals surface area contributed by atoms with E-state index in [0.717, 1.165) is 24.8 Å². The van der Waals surface area contributed by atoms with E-state index in [-0.39, 0.29) is 6.61 Å². The summed E-state index contributed by atoms with van der Waals surface area (Å²) in [7, 11) is 0. The van der Waals surface area contributed by atoms with Gasteiger partial charge in [-0.2, -0.15) is 0 Å². The van der Waals surface area contributed by atoms with Crippen LogP contribution in [-0.2, 0) is 0 Å². The van der Waals surface area contributed by atoms with Crippen LogP contribution in [0.1, 0.15) is 26.2 Å². The zero-order chi connectivity index (χ0) is 8.97. The third-order valence-electron chi connectivity index (χ3n) is 2.47. The first-order chi connectivity index (χ1) is 5.79. The molecular formula is C9H15NO2. The lowest BCUT2D eigenvalue weighted by atomic mass is 9.99. The molecule has 1 unspecified atom stereocenters. The van der Waals surface area contributed by atoms with Gasteiger partial charge in [-0.25, -0.2) is 0 Å². The summed E-state index contributed by atoms with van der Waals surface area (Å²) in [6, 6.07) is 0. The molecule has 1 fully saturated rings. The Kier molecular flexibility index (Phi) is 3.29. The van der Waals surface area contributed by atoms with Crippen molar-refractivity contribution in [2.24, 2.45) is 11.1 Å². The van der Waals surface area contributed by atoms with Crippen LogP contribution >= 0.6 is 0 Å². The molecule has 0 spiro atoms. The highest BCUT2D eigenvalue weighted by Crippen LogP contribution is 2.32. The van der Waals surface area contributed by atoms with Crippen molar-refractivity contribution in [3.63, 3.8) is 0 Å². The Morgan fingerprint density at radius 1 is 1.75 bits per heavy atom. The molecule has 0 heterocycles. The predicted molar refractivity (Wildman–Crippen MR) is 47.4 cm³/mol. The van der Waals surface area contributed by atoms with E-state index in [9.17, 15) is 0 Å².